The molecule has 4 aromatic rings. The van der Waals surface area contributed by atoms with E-state index in [1.807, 2.05) is 60.9 Å². The lowest BCUT2D eigenvalue weighted by Crippen LogP contribution is -2.28. The van der Waals surface area contributed by atoms with Crippen LogP contribution in [0.4, 0.5) is 10.1 Å². The fourth-order valence-electron chi connectivity index (χ4n) is 5.47. The Kier molecular flexibility index (Phi) is 10.9. The highest BCUT2D eigenvalue weighted by Gasteiger charge is 2.31. The Bertz CT molecular complexity index is 1580. The molecule has 0 saturated heterocycles. The maximum atomic E-state index is 14.1. The number of halogens is 1. The van der Waals surface area contributed by atoms with Gasteiger partial charge in [0.15, 0.2) is 0 Å². The molecule has 2 aromatic carbocycles. The summed E-state index contributed by atoms with van der Waals surface area (Å²) in [7, 11) is 0. The van der Waals surface area contributed by atoms with E-state index >= 15 is 0 Å². The summed E-state index contributed by atoms with van der Waals surface area (Å²) in [6.45, 7) is 9.20. The number of pyridine rings is 1. The van der Waals surface area contributed by atoms with Crippen LogP contribution in [0.2, 0.25) is 0 Å². The first-order valence-electron chi connectivity index (χ1n) is 15.2. The van der Waals surface area contributed by atoms with Gasteiger partial charge in [0.25, 0.3) is 5.91 Å². The predicted molar refractivity (Wildman–Crippen MR) is 173 cm³/mol. The molecule has 0 aliphatic carbocycles. The van der Waals surface area contributed by atoms with Crippen LogP contribution in [-0.4, -0.2) is 49.4 Å². The van der Waals surface area contributed by atoms with E-state index in [9.17, 15) is 24.2 Å². The minimum absolute atomic E-state index is 0.0258. The third-order valence-electron chi connectivity index (χ3n) is 7.20. The van der Waals surface area contributed by atoms with E-state index in [1.54, 1.807) is 45.2 Å². The molecule has 2 heterocycles. The van der Waals surface area contributed by atoms with Crippen molar-refractivity contribution in [3.05, 3.63) is 96.2 Å². The van der Waals surface area contributed by atoms with Crippen molar-refractivity contribution >= 4 is 17.6 Å². The molecule has 3 N–H and O–H groups in total. The number of aromatic nitrogens is 2. The molecule has 0 unspecified atom stereocenters. The lowest BCUT2D eigenvalue weighted by Gasteiger charge is -2.22. The number of amides is 1. The largest absolute Gasteiger partial charge is 0.460 e. The van der Waals surface area contributed by atoms with Crippen LogP contribution in [0.15, 0.2) is 79.0 Å². The summed E-state index contributed by atoms with van der Waals surface area (Å²) in [5, 5.41) is 24.5. The normalized spacial score (nSPS) is 13.0. The molecule has 1 amide bonds. The van der Waals surface area contributed by atoms with Gasteiger partial charge in [-0.15, -0.1) is 0 Å². The number of nitrogens with zero attached hydrogens (tertiary/aromatic N) is 2. The number of rotatable bonds is 12. The molecule has 0 bridgehead atoms. The molecule has 0 aliphatic rings. The molecule has 2 atom stereocenters. The van der Waals surface area contributed by atoms with Crippen molar-refractivity contribution in [3.8, 4) is 22.4 Å². The Balaban J connectivity index is 1.78. The van der Waals surface area contributed by atoms with Crippen LogP contribution >= 0.6 is 0 Å². The van der Waals surface area contributed by atoms with E-state index in [0.717, 1.165) is 5.69 Å². The molecular weight excluding hydrogens is 573 g/mol. The van der Waals surface area contributed by atoms with Gasteiger partial charge in [0, 0.05) is 34.7 Å². The summed E-state index contributed by atoms with van der Waals surface area (Å²) in [4.78, 5) is 30.9. The van der Waals surface area contributed by atoms with E-state index in [4.69, 9.17) is 4.74 Å². The number of hydrogen-bond acceptors (Lipinski definition) is 6. The molecule has 4 rings (SSSR count). The molecule has 0 spiro atoms. The van der Waals surface area contributed by atoms with Gasteiger partial charge >= 0.3 is 5.97 Å². The van der Waals surface area contributed by atoms with Crippen LogP contribution in [0.25, 0.3) is 22.4 Å². The summed E-state index contributed by atoms with van der Waals surface area (Å²) in [5.41, 5.74) is 3.68. The van der Waals surface area contributed by atoms with Crippen LogP contribution < -0.4 is 5.32 Å². The second-order valence-corrected chi connectivity index (χ2v) is 12.4. The monoisotopic (exact) mass is 615 g/mol. The Labute approximate surface area is 263 Å². The Morgan fingerprint density at radius 3 is 2.20 bits per heavy atom. The zero-order valence-electron chi connectivity index (χ0n) is 26.5. The first kappa shape index (κ1) is 33.6. The zero-order valence-corrected chi connectivity index (χ0v) is 26.5. The zero-order chi connectivity index (χ0) is 32.7. The molecule has 238 valence electrons. The second kappa shape index (κ2) is 14.6. The first-order valence-corrected chi connectivity index (χ1v) is 15.2. The highest BCUT2D eigenvalue weighted by molar-refractivity contribution is 6.10. The SMILES string of the molecule is CC(C)n1c(CC[C@@H](O)C[C@@H](O)CC(=O)OC(C)(C)C)c(-c2ccc(F)cc2)c(-c2ccccn2)c1C(=O)Nc1ccccc1. The van der Waals surface area contributed by atoms with E-state index in [0.29, 0.717) is 40.2 Å². The van der Waals surface area contributed by atoms with Gasteiger partial charge in [0.2, 0.25) is 0 Å². The number of esters is 1. The molecule has 9 heteroatoms. The minimum Gasteiger partial charge on any atom is -0.460 e. The number of para-hydroxylation sites is 1. The number of aliphatic hydroxyl groups excluding tert-OH is 2. The van der Waals surface area contributed by atoms with Crippen LogP contribution in [-0.2, 0) is 16.0 Å². The van der Waals surface area contributed by atoms with Crippen LogP contribution in [0.5, 0.6) is 0 Å². The van der Waals surface area contributed by atoms with Crippen LogP contribution in [0.1, 0.15) is 76.1 Å². The number of carbonyl (C=O) groups excluding carboxylic acids is 2. The number of benzene rings is 2. The minimum atomic E-state index is -1.08. The molecule has 2 aromatic heterocycles. The Hall–Kier alpha value is -4.34. The molecule has 0 fully saturated rings. The third kappa shape index (κ3) is 8.86. The predicted octanol–water partition coefficient (Wildman–Crippen LogP) is 6.97. The summed E-state index contributed by atoms with van der Waals surface area (Å²) < 4.78 is 21.3. The van der Waals surface area contributed by atoms with Crippen molar-refractivity contribution in [2.75, 3.05) is 5.32 Å². The quantitative estimate of drug-likeness (QED) is 0.148. The molecule has 0 saturated carbocycles. The molecule has 0 radical (unpaired) electrons. The van der Waals surface area contributed by atoms with E-state index in [-0.39, 0.29) is 37.0 Å². The van der Waals surface area contributed by atoms with E-state index in [2.05, 4.69) is 10.3 Å². The summed E-state index contributed by atoms with van der Waals surface area (Å²) in [6, 6.07) is 20.5. The number of carbonyl (C=O) groups is 2. The van der Waals surface area contributed by atoms with Gasteiger partial charge in [-0.25, -0.2) is 4.39 Å². The van der Waals surface area contributed by atoms with Gasteiger partial charge in [-0.3, -0.25) is 14.6 Å². The number of nitrogens with one attached hydrogen (secondary N) is 1. The first-order chi connectivity index (χ1) is 21.3. The number of ether oxygens (including phenoxy) is 1. The van der Waals surface area contributed by atoms with Gasteiger partial charge in [-0.1, -0.05) is 36.4 Å². The molecule has 0 aliphatic heterocycles. The third-order valence-corrected chi connectivity index (χ3v) is 7.20. The Morgan fingerprint density at radius 1 is 0.933 bits per heavy atom. The van der Waals surface area contributed by atoms with Gasteiger partial charge < -0.3 is 24.8 Å². The number of aliphatic hydroxyl groups is 2. The fourth-order valence-corrected chi connectivity index (χ4v) is 5.47. The maximum Gasteiger partial charge on any atom is 0.308 e. The van der Waals surface area contributed by atoms with Gasteiger partial charge in [-0.2, -0.15) is 0 Å². The topological polar surface area (TPSA) is 114 Å². The molecule has 8 nitrogen and oxygen atoms in total. The van der Waals surface area contributed by atoms with Gasteiger partial charge in [-0.05, 0) is 95.8 Å². The highest BCUT2D eigenvalue weighted by atomic mass is 19.1. The van der Waals surface area contributed by atoms with Crippen molar-refractivity contribution < 1.29 is 28.9 Å². The van der Waals surface area contributed by atoms with Crippen LogP contribution in [0.3, 0.4) is 0 Å². The highest BCUT2D eigenvalue weighted by Crippen LogP contribution is 2.42. The summed E-state index contributed by atoms with van der Waals surface area (Å²) in [5.74, 6) is -1.26. The average Bonchev–Trinajstić information content (AvgIpc) is 3.32. The summed E-state index contributed by atoms with van der Waals surface area (Å²) in [6.07, 6.45) is -0.0715. The second-order valence-electron chi connectivity index (χ2n) is 12.4. The lowest BCUT2D eigenvalue weighted by molar-refractivity contribution is -0.157. The van der Waals surface area contributed by atoms with Gasteiger partial charge in [0.05, 0.1) is 24.3 Å². The van der Waals surface area contributed by atoms with Crippen molar-refractivity contribution in [3.63, 3.8) is 0 Å². The maximum absolute atomic E-state index is 14.1. The van der Waals surface area contributed by atoms with Crippen molar-refractivity contribution in [1.29, 1.82) is 0 Å². The fraction of sp³-hybridized carbons (Fsp3) is 0.361. The number of hydrogen-bond donors (Lipinski definition) is 3. The van der Waals surface area contributed by atoms with E-state index < -0.39 is 23.8 Å². The van der Waals surface area contributed by atoms with E-state index in [1.165, 1.54) is 12.1 Å². The lowest BCUT2D eigenvalue weighted by atomic mass is 9.94. The van der Waals surface area contributed by atoms with Crippen LogP contribution in [0, 0.1) is 5.82 Å². The van der Waals surface area contributed by atoms with Crippen molar-refractivity contribution in [2.24, 2.45) is 0 Å². The van der Waals surface area contributed by atoms with Crippen molar-refractivity contribution in [1.82, 2.24) is 9.55 Å². The summed E-state index contributed by atoms with van der Waals surface area (Å²) >= 11 is 0. The number of anilines is 1. The Morgan fingerprint density at radius 2 is 1.60 bits per heavy atom. The molecule has 45 heavy (non-hydrogen) atoms. The standard InChI is InChI=1S/C36H42FN3O5/c1-23(2)40-30(19-18-27(41)21-28(42)22-31(43)45-36(3,4)5)32(24-14-16-25(37)17-15-24)33(29-13-9-10-20-38-29)34(40)35(44)39-26-11-7-6-8-12-26/h6-17,20,23,27-28,41-42H,18-19,21-22H2,1-5H3,(H,39,44)/t27-,28-/m1/s1. The van der Waals surface area contributed by atoms with Crippen molar-refractivity contribution in [2.45, 2.75) is 84.2 Å². The van der Waals surface area contributed by atoms with Gasteiger partial charge in [0.1, 0.15) is 17.1 Å². The average molecular weight is 616 g/mol. The smallest absolute Gasteiger partial charge is 0.308 e. The molecular formula is C36H42FN3O5.